The standard InChI is InChI=1S/C2H4N4O/c3-4-5-7-6-1-2-6/h1-2H2. The van der Waals surface area contributed by atoms with Crippen molar-refractivity contribution in [1.82, 2.24) is 5.06 Å². The van der Waals surface area contributed by atoms with Crippen molar-refractivity contribution < 1.29 is 4.94 Å². The van der Waals surface area contributed by atoms with E-state index < -0.39 is 0 Å². The predicted octanol–water partition coefficient (Wildman–Crippen LogP) is 0.459. The van der Waals surface area contributed by atoms with E-state index >= 15 is 0 Å². The van der Waals surface area contributed by atoms with Crippen molar-refractivity contribution in [1.29, 1.82) is 0 Å². The number of azide groups is 1. The first-order chi connectivity index (χ1) is 3.43. The van der Waals surface area contributed by atoms with Gasteiger partial charge in [0.1, 0.15) is 5.28 Å². The molecule has 1 heterocycles. The highest BCUT2D eigenvalue weighted by molar-refractivity contribution is 4.59. The highest BCUT2D eigenvalue weighted by Gasteiger charge is 2.17. The van der Waals surface area contributed by atoms with Gasteiger partial charge in [-0.25, -0.2) is 0 Å². The van der Waals surface area contributed by atoms with E-state index in [1.54, 1.807) is 5.06 Å². The van der Waals surface area contributed by atoms with Crippen molar-refractivity contribution in [2.45, 2.75) is 0 Å². The molecule has 5 heteroatoms. The van der Waals surface area contributed by atoms with Gasteiger partial charge in [0, 0.05) is 4.91 Å². The van der Waals surface area contributed by atoms with Crippen LogP contribution < -0.4 is 0 Å². The second kappa shape index (κ2) is 1.68. The van der Waals surface area contributed by atoms with Gasteiger partial charge >= 0.3 is 0 Å². The van der Waals surface area contributed by atoms with Crippen LogP contribution in [0.4, 0.5) is 0 Å². The minimum atomic E-state index is 0.874. The molecule has 0 N–H and O–H groups in total. The largest absolute Gasteiger partial charge is 0.334 e. The minimum absolute atomic E-state index is 0.874. The zero-order valence-corrected chi connectivity index (χ0v) is 3.61. The monoisotopic (exact) mass is 100 g/mol. The van der Waals surface area contributed by atoms with E-state index in [9.17, 15) is 0 Å². The molecule has 0 aliphatic carbocycles. The highest BCUT2D eigenvalue weighted by Crippen LogP contribution is 2.02. The van der Waals surface area contributed by atoms with Crippen molar-refractivity contribution in [3.8, 4) is 0 Å². The Morgan fingerprint density at radius 1 is 1.71 bits per heavy atom. The molecule has 0 aromatic carbocycles. The number of hydrogen-bond donors (Lipinski definition) is 0. The summed E-state index contributed by atoms with van der Waals surface area (Å²) in [6, 6.07) is 0. The molecule has 0 spiro atoms. The van der Waals surface area contributed by atoms with E-state index in [-0.39, 0.29) is 0 Å². The van der Waals surface area contributed by atoms with E-state index in [1.165, 1.54) is 0 Å². The first-order valence-electron chi connectivity index (χ1n) is 1.90. The lowest BCUT2D eigenvalue weighted by atomic mass is 11.0. The van der Waals surface area contributed by atoms with Gasteiger partial charge in [-0.15, -0.1) is 5.06 Å². The van der Waals surface area contributed by atoms with E-state index in [4.69, 9.17) is 5.53 Å². The lowest BCUT2D eigenvalue weighted by Gasteiger charge is -1.87. The van der Waals surface area contributed by atoms with E-state index in [2.05, 4.69) is 15.1 Å². The fourth-order valence-corrected chi connectivity index (χ4v) is 0.190. The third-order valence-electron chi connectivity index (χ3n) is 0.595. The Balaban J connectivity index is 2.09. The summed E-state index contributed by atoms with van der Waals surface area (Å²) in [5.74, 6) is 0. The van der Waals surface area contributed by atoms with Crippen molar-refractivity contribution in [2.24, 2.45) is 5.28 Å². The molecule has 0 radical (unpaired) electrons. The van der Waals surface area contributed by atoms with E-state index in [1.807, 2.05) is 0 Å². The molecular formula is C2H4N4O. The molecule has 1 fully saturated rings. The van der Waals surface area contributed by atoms with Crippen LogP contribution in [0.15, 0.2) is 5.28 Å². The molecule has 0 aromatic rings. The van der Waals surface area contributed by atoms with Crippen LogP contribution in [0.3, 0.4) is 0 Å². The molecule has 1 rings (SSSR count). The summed E-state index contributed by atoms with van der Waals surface area (Å²) in [5, 5.41) is 4.38. The average Bonchev–Trinajstić information content (AvgIpc) is 2.42. The third kappa shape index (κ3) is 1.30. The van der Waals surface area contributed by atoms with Crippen molar-refractivity contribution in [3.05, 3.63) is 10.4 Å². The quantitative estimate of drug-likeness (QED) is 0.166. The lowest BCUT2D eigenvalue weighted by Crippen LogP contribution is -1.87. The Labute approximate surface area is 40.0 Å². The normalized spacial score (nSPS) is 17.7. The van der Waals surface area contributed by atoms with Crippen LogP contribution in [0.2, 0.25) is 0 Å². The molecule has 0 saturated carbocycles. The highest BCUT2D eigenvalue weighted by atomic mass is 16.8. The molecule has 0 bridgehead atoms. The summed E-state index contributed by atoms with van der Waals surface area (Å²) in [6.07, 6.45) is 0. The zero-order chi connectivity index (χ0) is 5.11. The van der Waals surface area contributed by atoms with Gasteiger partial charge in [0.15, 0.2) is 0 Å². The summed E-state index contributed by atoms with van der Waals surface area (Å²) < 4.78 is 0. The summed E-state index contributed by atoms with van der Waals surface area (Å²) in [6.45, 7) is 1.75. The Bertz CT molecular complexity index is 102. The van der Waals surface area contributed by atoms with Crippen LogP contribution in [0, 0.1) is 0 Å². The molecular weight excluding hydrogens is 96.0 g/mol. The van der Waals surface area contributed by atoms with E-state index in [0.29, 0.717) is 0 Å². The Hall–Kier alpha value is -0.930. The number of rotatable bonds is 2. The van der Waals surface area contributed by atoms with Crippen LogP contribution >= 0.6 is 0 Å². The van der Waals surface area contributed by atoms with Crippen LogP contribution in [0.1, 0.15) is 0 Å². The third-order valence-corrected chi connectivity index (χ3v) is 0.595. The van der Waals surface area contributed by atoms with Crippen LogP contribution in [-0.4, -0.2) is 18.2 Å². The number of nitrogens with zero attached hydrogens (tertiary/aromatic N) is 4. The van der Waals surface area contributed by atoms with Gasteiger partial charge in [-0.2, -0.15) is 0 Å². The van der Waals surface area contributed by atoms with Crippen LogP contribution in [0.25, 0.3) is 10.4 Å². The van der Waals surface area contributed by atoms with Crippen molar-refractivity contribution in [2.75, 3.05) is 13.1 Å². The van der Waals surface area contributed by atoms with Gasteiger partial charge in [-0.05, 0) is 5.53 Å². The smallest absolute Gasteiger partial charge is 0.132 e. The van der Waals surface area contributed by atoms with Gasteiger partial charge in [-0.1, -0.05) is 0 Å². The van der Waals surface area contributed by atoms with Gasteiger partial charge in [0.2, 0.25) is 0 Å². The molecule has 1 aliphatic rings. The van der Waals surface area contributed by atoms with Gasteiger partial charge in [-0.3, -0.25) is 0 Å². The number of hydroxylamine groups is 2. The maximum absolute atomic E-state index is 7.65. The van der Waals surface area contributed by atoms with Crippen LogP contribution in [0.5, 0.6) is 0 Å². The van der Waals surface area contributed by atoms with Crippen molar-refractivity contribution >= 4 is 0 Å². The average molecular weight is 100 g/mol. The molecule has 7 heavy (non-hydrogen) atoms. The molecule has 0 unspecified atom stereocenters. The topological polar surface area (TPSA) is 61.0 Å². The van der Waals surface area contributed by atoms with Gasteiger partial charge in [0.25, 0.3) is 0 Å². The molecule has 1 saturated heterocycles. The molecule has 1 aliphatic heterocycles. The lowest BCUT2D eigenvalue weighted by molar-refractivity contribution is -0.0654. The Morgan fingerprint density at radius 3 is 2.86 bits per heavy atom. The molecule has 38 valence electrons. The second-order valence-electron chi connectivity index (χ2n) is 1.18. The fourth-order valence-electron chi connectivity index (χ4n) is 0.190. The maximum atomic E-state index is 7.65. The summed E-state index contributed by atoms with van der Waals surface area (Å²) in [7, 11) is 0. The second-order valence-corrected chi connectivity index (χ2v) is 1.18. The summed E-state index contributed by atoms with van der Waals surface area (Å²) in [4.78, 5) is 6.72. The SMILES string of the molecule is [N-]=[N+]=NON1CC1. The first-order valence-corrected chi connectivity index (χ1v) is 1.90. The van der Waals surface area contributed by atoms with Crippen molar-refractivity contribution in [3.63, 3.8) is 0 Å². The molecule has 0 aromatic heterocycles. The predicted molar refractivity (Wildman–Crippen MR) is 21.8 cm³/mol. The summed E-state index contributed by atoms with van der Waals surface area (Å²) in [5.41, 5.74) is 7.65. The van der Waals surface area contributed by atoms with Crippen LogP contribution in [-0.2, 0) is 4.94 Å². The van der Waals surface area contributed by atoms with E-state index in [0.717, 1.165) is 13.1 Å². The van der Waals surface area contributed by atoms with Gasteiger partial charge in [0.05, 0.1) is 13.1 Å². The zero-order valence-electron chi connectivity index (χ0n) is 3.61. The van der Waals surface area contributed by atoms with Gasteiger partial charge < -0.3 is 4.94 Å². The number of hydrogen-bond acceptors (Lipinski definition) is 3. The minimum Gasteiger partial charge on any atom is -0.334 e. The maximum Gasteiger partial charge on any atom is 0.132 e. The molecule has 0 atom stereocenters. The molecule has 5 nitrogen and oxygen atoms in total. The molecule has 0 amide bonds. The fraction of sp³-hybridized carbons (Fsp3) is 1.00. The Morgan fingerprint density at radius 2 is 2.43 bits per heavy atom. The Kier molecular flexibility index (Phi) is 1.02. The summed E-state index contributed by atoms with van der Waals surface area (Å²) >= 11 is 0. The first kappa shape index (κ1) is 4.23.